The molecule has 0 aliphatic carbocycles. The van der Waals surface area contributed by atoms with Crippen LogP contribution >= 0.6 is 11.6 Å². The summed E-state index contributed by atoms with van der Waals surface area (Å²) in [7, 11) is -2.11. The van der Waals surface area contributed by atoms with E-state index in [1.807, 2.05) is 45.2 Å². The molecule has 158 valence electrons. The molecule has 0 unspecified atom stereocenters. The lowest BCUT2D eigenvalue weighted by molar-refractivity contribution is -0.122. The summed E-state index contributed by atoms with van der Waals surface area (Å²) in [6.45, 7) is 4.61. The van der Waals surface area contributed by atoms with Gasteiger partial charge >= 0.3 is 0 Å². The van der Waals surface area contributed by atoms with Crippen molar-refractivity contribution in [3.63, 3.8) is 0 Å². The van der Waals surface area contributed by atoms with Crippen LogP contribution in [0.5, 0.6) is 0 Å². The van der Waals surface area contributed by atoms with Crippen molar-refractivity contribution in [2.75, 3.05) is 7.05 Å². The number of hydrogen-bond donors (Lipinski definition) is 2. The fourth-order valence-corrected chi connectivity index (χ4v) is 4.79. The third kappa shape index (κ3) is 6.27. The van der Waals surface area contributed by atoms with Crippen molar-refractivity contribution in [3.8, 4) is 0 Å². The maximum absolute atomic E-state index is 13.4. The Morgan fingerprint density at radius 1 is 1.07 bits per heavy atom. The second-order valence-corrected chi connectivity index (χ2v) is 9.73. The number of benzene rings is 2. The Kier molecular flexibility index (Phi) is 8.22. The fourth-order valence-electron chi connectivity index (χ4n) is 3.07. The van der Waals surface area contributed by atoms with Crippen LogP contribution < -0.4 is 11.1 Å². The molecular weight excluding hydrogens is 410 g/mol. The van der Waals surface area contributed by atoms with E-state index >= 15 is 0 Å². The second kappa shape index (κ2) is 10.2. The smallest absolute Gasteiger partial charge is 0.244 e. The number of halogens is 1. The first-order valence-corrected chi connectivity index (χ1v) is 11.3. The van der Waals surface area contributed by atoms with E-state index in [1.165, 1.54) is 28.6 Å². The molecule has 8 heteroatoms. The molecule has 6 nitrogen and oxygen atoms in total. The van der Waals surface area contributed by atoms with Gasteiger partial charge in [0, 0.05) is 18.1 Å². The first kappa shape index (κ1) is 23.3. The Hall–Kier alpha value is -1.93. The predicted molar refractivity (Wildman–Crippen MR) is 116 cm³/mol. The van der Waals surface area contributed by atoms with Gasteiger partial charge in [-0.15, -0.1) is 0 Å². The van der Waals surface area contributed by atoms with Gasteiger partial charge in [-0.3, -0.25) is 4.79 Å². The number of hydrogen-bond acceptors (Lipinski definition) is 4. The molecule has 0 aromatic heterocycles. The third-order valence-electron chi connectivity index (χ3n) is 4.53. The molecule has 0 aliphatic heterocycles. The summed E-state index contributed by atoms with van der Waals surface area (Å²) in [5.41, 5.74) is 7.48. The van der Waals surface area contributed by atoms with E-state index in [9.17, 15) is 13.2 Å². The van der Waals surface area contributed by atoms with Gasteiger partial charge in [-0.1, -0.05) is 49.7 Å². The molecule has 29 heavy (non-hydrogen) atoms. The molecule has 3 N–H and O–H groups in total. The zero-order valence-electron chi connectivity index (χ0n) is 16.9. The highest BCUT2D eigenvalue weighted by Crippen LogP contribution is 2.25. The lowest BCUT2D eigenvalue weighted by Gasteiger charge is -2.30. The second-order valence-electron chi connectivity index (χ2n) is 7.40. The zero-order chi connectivity index (χ0) is 21.6. The fraction of sp³-hybridized carbons (Fsp3) is 0.381. The minimum atomic E-state index is -3.96. The Morgan fingerprint density at radius 3 is 2.10 bits per heavy atom. The SMILES string of the molecule is CNCc1ccc(CN([C@H](CC(C)C)C(N)=O)S(=O)(=O)c2ccc(Cl)cc2)cc1. The molecule has 0 radical (unpaired) electrons. The minimum Gasteiger partial charge on any atom is -0.368 e. The summed E-state index contributed by atoms with van der Waals surface area (Å²) in [5, 5.41) is 3.51. The van der Waals surface area contributed by atoms with Crippen LogP contribution in [0, 0.1) is 5.92 Å². The lowest BCUT2D eigenvalue weighted by Crippen LogP contribution is -2.48. The normalized spacial score (nSPS) is 13.0. The van der Waals surface area contributed by atoms with Crippen molar-refractivity contribution < 1.29 is 13.2 Å². The van der Waals surface area contributed by atoms with Crippen LogP contribution in [-0.2, 0) is 27.9 Å². The van der Waals surface area contributed by atoms with Crippen molar-refractivity contribution in [2.24, 2.45) is 11.7 Å². The number of carbonyl (C=O) groups excluding carboxylic acids is 1. The molecule has 0 saturated carbocycles. The van der Waals surface area contributed by atoms with Gasteiger partial charge in [-0.05, 0) is 54.8 Å². The van der Waals surface area contributed by atoms with Crippen LogP contribution in [0.1, 0.15) is 31.4 Å². The number of nitrogens with two attached hydrogens (primary N) is 1. The van der Waals surface area contributed by atoms with E-state index in [4.69, 9.17) is 17.3 Å². The van der Waals surface area contributed by atoms with Crippen molar-refractivity contribution in [1.82, 2.24) is 9.62 Å². The summed E-state index contributed by atoms with van der Waals surface area (Å²) in [6.07, 6.45) is 0.333. The molecular formula is C21H28ClN3O3S. The van der Waals surface area contributed by atoms with Gasteiger partial charge in [-0.2, -0.15) is 4.31 Å². The van der Waals surface area contributed by atoms with Crippen molar-refractivity contribution in [2.45, 2.75) is 44.3 Å². The average Bonchev–Trinajstić information content (AvgIpc) is 2.66. The molecule has 0 saturated heterocycles. The van der Waals surface area contributed by atoms with Crippen LogP contribution in [0.3, 0.4) is 0 Å². The number of sulfonamides is 1. The van der Waals surface area contributed by atoms with E-state index in [1.54, 1.807) is 0 Å². The van der Waals surface area contributed by atoms with Crippen LogP contribution in [-0.4, -0.2) is 31.7 Å². The maximum atomic E-state index is 13.4. The van der Waals surface area contributed by atoms with Crippen LogP contribution in [0.15, 0.2) is 53.4 Å². The Bertz CT molecular complexity index is 913. The van der Waals surface area contributed by atoms with E-state index in [-0.39, 0.29) is 17.4 Å². The highest BCUT2D eigenvalue weighted by atomic mass is 35.5. The first-order valence-electron chi connectivity index (χ1n) is 9.44. The Balaban J connectivity index is 2.46. The molecule has 0 spiro atoms. The van der Waals surface area contributed by atoms with Crippen LogP contribution in [0.25, 0.3) is 0 Å². The summed E-state index contributed by atoms with van der Waals surface area (Å²) < 4.78 is 28.0. The van der Waals surface area contributed by atoms with Gasteiger partial charge in [0.25, 0.3) is 0 Å². The predicted octanol–water partition coefficient (Wildman–Crippen LogP) is 3.15. The highest BCUT2D eigenvalue weighted by molar-refractivity contribution is 7.89. The number of primary amides is 1. The molecule has 2 aromatic carbocycles. The minimum absolute atomic E-state index is 0.0467. The Morgan fingerprint density at radius 2 is 1.62 bits per heavy atom. The molecule has 0 aliphatic rings. The van der Waals surface area contributed by atoms with Gasteiger partial charge in [0.05, 0.1) is 4.90 Å². The van der Waals surface area contributed by atoms with Gasteiger partial charge in [-0.25, -0.2) is 8.42 Å². The van der Waals surface area contributed by atoms with Gasteiger partial charge in [0.15, 0.2) is 0 Å². The van der Waals surface area contributed by atoms with E-state index < -0.39 is 22.0 Å². The molecule has 0 fully saturated rings. The number of nitrogens with one attached hydrogen (secondary N) is 1. The summed E-state index contributed by atoms with van der Waals surface area (Å²) in [5.74, 6) is -0.573. The van der Waals surface area contributed by atoms with E-state index in [0.717, 1.165) is 11.1 Å². The summed E-state index contributed by atoms with van der Waals surface area (Å²) in [4.78, 5) is 12.3. The molecule has 2 rings (SSSR count). The van der Waals surface area contributed by atoms with Crippen molar-refractivity contribution in [1.29, 1.82) is 0 Å². The van der Waals surface area contributed by atoms with Gasteiger partial charge in [0.1, 0.15) is 6.04 Å². The monoisotopic (exact) mass is 437 g/mol. The molecule has 1 atom stereocenters. The first-order chi connectivity index (χ1) is 13.6. The summed E-state index contributed by atoms with van der Waals surface area (Å²) in [6, 6.07) is 12.5. The largest absolute Gasteiger partial charge is 0.368 e. The van der Waals surface area contributed by atoms with Crippen LogP contribution in [0.4, 0.5) is 0 Å². The van der Waals surface area contributed by atoms with Crippen LogP contribution in [0.2, 0.25) is 5.02 Å². The van der Waals surface area contributed by atoms with E-state index in [2.05, 4.69) is 5.32 Å². The van der Waals surface area contributed by atoms with Gasteiger partial charge < -0.3 is 11.1 Å². The van der Waals surface area contributed by atoms with Gasteiger partial charge in [0.2, 0.25) is 15.9 Å². The average molecular weight is 438 g/mol. The standard InChI is InChI=1S/C21H28ClN3O3S/c1-15(2)12-20(21(23)26)25(14-17-6-4-16(5-7-17)13-24-3)29(27,28)19-10-8-18(22)9-11-19/h4-11,15,20,24H,12-14H2,1-3H3,(H2,23,26)/t20-/m1/s1. The zero-order valence-corrected chi connectivity index (χ0v) is 18.5. The number of nitrogens with zero attached hydrogens (tertiary/aromatic N) is 1. The molecule has 0 heterocycles. The maximum Gasteiger partial charge on any atom is 0.244 e. The Labute approximate surface area is 178 Å². The van der Waals surface area contributed by atoms with E-state index in [0.29, 0.717) is 18.0 Å². The van der Waals surface area contributed by atoms with Crippen molar-refractivity contribution in [3.05, 3.63) is 64.7 Å². The summed E-state index contributed by atoms with van der Waals surface area (Å²) >= 11 is 5.91. The topological polar surface area (TPSA) is 92.5 Å². The quantitative estimate of drug-likeness (QED) is 0.597. The number of rotatable bonds is 10. The number of amides is 1. The number of carbonyl (C=O) groups is 1. The lowest BCUT2D eigenvalue weighted by atomic mass is 10.0. The molecule has 0 bridgehead atoms. The highest BCUT2D eigenvalue weighted by Gasteiger charge is 2.35. The molecule has 2 aromatic rings. The third-order valence-corrected chi connectivity index (χ3v) is 6.65. The van der Waals surface area contributed by atoms with Crippen molar-refractivity contribution >= 4 is 27.5 Å². The molecule has 1 amide bonds.